The highest BCUT2D eigenvalue weighted by atomic mass is 32.2. The van der Waals surface area contributed by atoms with Crippen molar-refractivity contribution in [3.63, 3.8) is 0 Å². The van der Waals surface area contributed by atoms with Crippen LogP contribution in [0.15, 0.2) is 41.5 Å². The van der Waals surface area contributed by atoms with Crippen LogP contribution in [-0.4, -0.2) is 56.0 Å². The Labute approximate surface area is 271 Å². The van der Waals surface area contributed by atoms with E-state index < -0.39 is 10.0 Å². The number of amides is 1. The maximum Gasteiger partial charge on any atom is 0.410 e. The number of benzene rings is 1. The van der Waals surface area contributed by atoms with Crippen LogP contribution in [-0.2, 0) is 26.1 Å². The van der Waals surface area contributed by atoms with Crippen molar-refractivity contribution in [2.75, 3.05) is 12.8 Å². The first-order valence-electron chi connectivity index (χ1n) is 17.6. The normalized spacial score (nSPS) is 40.3. The molecular formula is C37H56N2O5S. The Morgan fingerprint density at radius 1 is 1.07 bits per heavy atom. The Hall–Kier alpha value is -1.90. The summed E-state index contributed by atoms with van der Waals surface area (Å²) in [4.78, 5) is 15.6. The van der Waals surface area contributed by atoms with E-state index in [-0.39, 0.29) is 47.8 Å². The van der Waals surface area contributed by atoms with E-state index in [2.05, 4.69) is 39.3 Å². The van der Waals surface area contributed by atoms with Crippen molar-refractivity contribution >= 4 is 16.1 Å². The molecule has 6 rings (SSSR count). The van der Waals surface area contributed by atoms with Gasteiger partial charge < -0.3 is 14.4 Å². The molecule has 8 heteroatoms. The number of fused-ring (bicyclic) bond motifs is 2. The standard InChI is InChI=1S/C37H56N2O5S/c1-24-19-33-34(39(22-24)35(40)43-23-28-11-8-7-9-12-28)27(4)37(44-33)18-15-25(2)32(26(37)3)21-30-14-10-13-29-20-31(38-45(6,41)42)16-17-36(29,30)5/h7-9,11-12,24-25,27,29-31,33-34,38H,10,13-23H2,1-6H3/t24-,25+,27+,29+,30+,31+,33+,34-,36-,37-/m0/s1. The Morgan fingerprint density at radius 2 is 1.82 bits per heavy atom. The highest BCUT2D eigenvalue weighted by molar-refractivity contribution is 7.88. The van der Waals surface area contributed by atoms with Crippen molar-refractivity contribution < 1.29 is 22.7 Å². The fourth-order valence-corrected chi connectivity index (χ4v) is 11.3. The predicted octanol–water partition coefficient (Wildman–Crippen LogP) is 7.47. The minimum Gasteiger partial charge on any atom is -0.445 e. The van der Waals surface area contributed by atoms with Gasteiger partial charge in [-0.3, -0.25) is 0 Å². The summed E-state index contributed by atoms with van der Waals surface area (Å²) in [6.45, 7) is 12.8. The van der Waals surface area contributed by atoms with Crippen LogP contribution >= 0.6 is 0 Å². The molecule has 1 N–H and O–H groups in total. The van der Waals surface area contributed by atoms with Crippen molar-refractivity contribution in [3.8, 4) is 0 Å². The van der Waals surface area contributed by atoms with E-state index >= 15 is 0 Å². The number of carbonyl (C=O) groups excluding carboxylic acids is 1. The molecule has 1 aromatic rings. The molecule has 2 aliphatic heterocycles. The lowest BCUT2D eigenvalue weighted by Gasteiger charge is -2.53. The minimum atomic E-state index is -3.19. The summed E-state index contributed by atoms with van der Waals surface area (Å²) in [5.74, 6) is 2.22. The number of rotatable bonds is 6. The van der Waals surface area contributed by atoms with Gasteiger partial charge in [-0.15, -0.1) is 0 Å². The van der Waals surface area contributed by atoms with Crippen molar-refractivity contribution in [1.82, 2.24) is 9.62 Å². The number of ether oxygens (including phenoxy) is 2. The van der Waals surface area contributed by atoms with E-state index in [1.165, 1.54) is 31.1 Å². The predicted molar refractivity (Wildman–Crippen MR) is 178 cm³/mol. The second-order valence-corrected chi connectivity index (χ2v) is 17.6. The van der Waals surface area contributed by atoms with E-state index in [0.717, 1.165) is 50.5 Å². The lowest BCUT2D eigenvalue weighted by Crippen LogP contribution is -2.54. The van der Waals surface area contributed by atoms with Gasteiger partial charge in [-0.25, -0.2) is 17.9 Å². The fourth-order valence-electron chi connectivity index (χ4n) is 10.5. The number of hydrogen-bond donors (Lipinski definition) is 1. The van der Waals surface area contributed by atoms with Crippen molar-refractivity contribution in [2.24, 2.45) is 35.0 Å². The van der Waals surface area contributed by atoms with Crippen molar-refractivity contribution in [2.45, 2.75) is 129 Å². The number of carbonyl (C=O) groups is 1. The zero-order valence-electron chi connectivity index (χ0n) is 28.4. The summed E-state index contributed by atoms with van der Waals surface area (Å²) >= 11 is 0. The number of likely N-dealkylation sites (tertiary alicyclic amines) is 1. The number of nitrogens with zero attached hydrogens (tertiary/aromatic N) is 1. The number of sulfonamides is 1. The summed E-state index contributed by atoms with van der Waals surface area (Å²) in [5, 5.41) is 0. The number of nitrogens with one attached hydrogen (secondary N) is 1. The smallest absolute Gasteiger partial charge is 0.410 e. The molecular weight excluding hydrogens is 584 g/mol. The summed E-state index contributed by atoms with van der Waals surface area (Å²) in [6, 6.07) is 10.0. The van der Waals surface area contributed by atoms with Gasteiger partial charge in [0, 0.05) is 18.5 Å². The van der Waals surface area contributed by atoms with Crippen LogP contribution in [0.25, 0.3) is 0 Å². The molecule has 2 saturated carbocycles. The first kappa shape index (κ1) is 33.0. The van der Waals surface area contributed by atoms with Gasteiger partial charge in [0.05, 0.1) is 24.0 Å². The molecule has 1 aromatic carbocycles. The zero-order chi connectivity index (χ0) is 32.1. The molecule has 3 aliphatic carbocycles. The van der Waals surface area contributed by atoms with Crippen LogP contribution in [0, 0.1) is 35.0 Å². The van der Waals surface area contributed by atoms with Gasteiger partial charge in [-0.1, -0.05) is 70.0 Å². The molecule has 2 heterocycles. The molecule has 4 fully saturated rings. The quantitative estimate of drug-likeness (QED) is 0.326. The average Bonchev–Trinajstić information content (AvgIpc) is 3.27. The fraction of sp³-hybridized carbons (Fsp3) is 0.757. The molecule has 1 amide bonds. The molecule has 1 spiro atoms. The van der Waals surface area contributed by atoms with Crippen molar-refractivity contribution in [3.05, 3.63) is 47.0 Å². The van der Waals surface area contributed by atoms with Crippen LogP contribution < -0.4 is 4.72 Å². The topological polar surface area (TPSA) is 84.9 Å². The second-order valence-electron chi connectivity index (χ2n) is 15.8. The first-order valence-corrected chi connectivity index (χ1v) is 19.5. The number of allylic oxidation sites excluding steroid dienone is 1. The maximum atomic E-state index is 13.6. The largest absolute Gasteiger partial charge is 0.445 e. The molecule has 5 aliphatic rings. The lowest BCUT2D eigenvalue weighted by molar-refractivity contribution is -0.0640. The van der Waals surface area contributed by atoms with Crippen molar-refractivity contribution in [1.29, 1.82) is 0 Å². The first-order chi connectivity index (χ1) is 21.3. The molecule has 10 atom stereocenters. The molecule has 0 unspecified atom stereocenters. The molecule has 250 valence electrons. The van der Waals surface area contributed by atoms with E-state index in [1.54, 1.807) is 5.57 Å². The van der Waals surface area contributed by atoms with Crippen LogP contribution in [0.2, 0.25) is 0 Å². The van der Waals surface area contributed by atoms with E-state index in [9.17, 15) is 13.2 Å². The molecule has 0 bridgehead atoms. The van der Waals surface area contributed by atoms with Gasteiger partial charge in [0.1, 0.15) is 6.61 Å². The third-order valence-corrected chi connectivity index (χ3v) is 13.8. The third kappa shape index (κ3) is 6.37. The van der Waals surface area contributed by atoms with Gasteiger partial charge in [0.15, 0.2) is 0 Å². The number of piperidine rings is 1. The zero-order valence-corrected chi connectivity index (χ0v) is 29.2. The van der Waals surface area contributed by atoms with E-state index in [4.69, 9.17) is 9.47 Å². The average molecular weight is 641 g/mol. The van der Waals surface area contributed by atoms with Gasteiger partial charge in [0.25, 0.3) is 0 Å². The molecule has 7 nitrogen and oxygen atoms in total. The molecule has 45 heavy (non-hydrogen) atoms. The van der Waals surface area contributed by atoms with Gasteiger partial charge in [0.2, 0.25) is 10.0 Å². The Morgan fingerprint density at radius 3 is 2.56 bits per heavy atom. The van der Waals surface area contributed by atoms with Gasteiger partial charge in [-0.05, 0) is 105 Å². The van der Waals surface area contributed by atoms with Crippen LogP contribution in [0.3, 0.4) is 0 Å². The van der Waals surface area contributed by atoms with Crippen LogP contribution in [0.1, 0.15) is 104 Å². The van der Waals surface area contributed by atoms with E-state index in [1.807, 2.05) is 35.2 Å². The summed E-state index contributed by atoms with van der Waals surface area (Å²) in [5.41, 5.74) is 3.90. The lowest BCUT2D eigenvalue weighted by atomic mass is 9.53. The molecule has 0 aromatic heterocycles. The molecule has 0 radical (unpaired) electrons. The van der Waals surface area contributed by atoms with Crippen LogP contribution in [0.4, 0.5) is 4.79 Å². The highest BCUT2D eigenvalue weighted by Gasteiger charge is 2.59. The second kappa shape index (κ2) is 12.6. The summed E-state index contributed by atoms with van der Waals surface area (Å²) in [7, 11) is -3.19. The van der Waals surface area contributed by atoms with E-state index in [0.29, 0.717) is 30.2 Å². The molecule has 2 saturated heterocycles. The SMILES string of the molecule is CC1=C(C[C@H]2CCC[C@@H]3C[C@H](NS(C)(=O)=O)CC[C@]23C)[C@H](C)CC[C@]12O[C@@H]1C[C@H](C)CN(C(=O)OCc3ccccc3)[C@H]1[C@H]2C. The van der Waals surface area contributed by atoms with Crippen LogP contribution in [0.5, 0.6) is 0 Å². The summed E-state index contributed by atoms with van der Waals surface area (Å²) in [6.07, 6.45) is 11.9. The third-order valence-electron chi connectivity index (χ3n) is 13.0. The monoisotopic (exact) mass is 640 g/mol. The van der Waals surface area contributed by atoms with Gasteiger partial charge in [-0.2, -0.15) is 0 Å². The summed E-state index contributed by atoms with van der Waals surface area (Å²) < 4.78 is 40.0. The Bertz CT molecular complexity index is 1380. The highest BCUT2D eigenvalue weighted by Crippen LogP contribution is 2.58. The maximum absolute atomic E-state index is 13.6. The minimum absolute atomic E-state index is 0.0169. The Balaban J connectivity index is 1.22. The Kier molecular flexibility index (Phi) is 9.25. The van der Waals surface area contributed by atoms with Gasteiger partial charge >= 0.3 is 6.09 Å². The number of hydrogen-bond acceptors (Lipinski definition) is 5.